The van der Waals surface area contributed by atoms with Crippen LogP contribution < -0.4 is 0 Å². The number of rotatable bonds is 4. The molecule has 3 nitrogen and oxygen atoms in total. The van der Waals surface area contributed by atoms with Crippen LogP contribution in [0.2, 0.25) is 0 Å². The minimum Gasteiger partial charge on any atom is -0.340 e. The zero-order valence-corrected chi connectivity index (χ0v) is 10.3. The monoisotopic (exact) mass is 268 g/mol. The predicted octanol–water partition coefficient (Wildman–Crippen LogP) is 3.05. The molecule has 0 aliphatic heterocycles. The van der Waals surface area contributed by atoms with Crippen LogP contribution in [-0.2, 0) is 0 Å². The lowest BCUT2D eigenvalue weighted by atomic mass is 10.1. The molecular formula is C12H10F2N2OS. The average molecular weight is 268 g/mol. The molecule has 0 fully saturated rings. The number of carbonyl (C=O) groups excluding carboxylic acids is 1. The summed E-state index contributed by atoms with van der Waals surface area (Å²) in [4.78, 5) is 18.8. The first-order valence-electron chi connectivity index (χ1n) is 5.23. The Morgan fingerprint density at radius 3 is 2.78 bits per heavy atom. The second-order valence-corrected chi connectivity index (χ2v) is 4.98. The highest BCUT2D eigenvalue weighted by Crippen LogP contribution is 2.22. The first-order valence-corrected chi connectivity index (χ1v) is 6.11. The van der Waals surface area contributed by atoms with Crippen LogP contribution in [0.3, 0.4) is 0 Å². The lowest BCUT2D eigenvalue weighted by Gasteiger charge is -2.08. The lowest BCUT2D eigenvalue weighted by molar-refractivity contribution is 0.0993. The van der Waals surface area contributed by atoms with Crippen LogP contribution in [0.4, 0.5) is 8.78 Å². The highest BCUT2D eigenvalue weighted by Gasteiger charge is 2.18. The molecule has 0 saturated carbocycles. The zero-order chi connectivity index (χ0) is 13.1. The van der Waals surface area contributed by atoms with Gasteiger partial charge in [0.25, 0.3) is 0 Å². The van der Waals surface area contributed by atoms with Crippen molar-refractivity contribution in [1.82, 2.24) is 9.97 Å². The molecule has 0 bridgehead atoms. The molecule has 1 atom stereocenters. The molecule has 1 aromatic carbocycles. The van der Waals surface area contributed by atoms with E-state index in [4.69, 9.17) is 0 Å². The van der Waals surface area contributed by atoms with E-state index >= 15 is 0 Å². The minimum absolute atomic E-state index is 0.153. The van der Waals surface area contributed by atoms with E-state index in [-0.39, 0.29) is 11.3 Å². The molecule has 0 aliphatic rings. The summed E-state index contributed by atoms with van der Waals surface area (Å²) < 4.78 is 25.8. The SMILES string of the molecule is CC(Sc1ncc[nH]1)C(=O)c1ccc(F)c(F)c1. The smallest absolute Gasteiger partial charge is 0.176 e. The number of H-pyrrole nitrogens is 1. The van der Waals surface area contributed by atoms with Gasteiger partial charge in [-0.15, -0.1) is 0 Å². The van der Waals surface area contributed by atoms with Crippen molar-refractivity contribution in [1.29, 1.82) is 0 Å². The highest BCUT2D eigenvalue weighted by molar-refractivity contribution is 8.00. The Labute approximate surface area is 107 Å². The van der Waals surface area contributed by atoms with Crippen LogP contribution in [0.15, 0.2) is 35.7 Å². The summed E-state index contributed by atoms with van der Waals surface area (Å²) in [5, 5.41) is 0.180. The third-order valence-corrected chi connectivity index (χ3v) is 3.35. The molecule has 94 valence electrons. The number of halogens is 2. The summed E-state index contributed by atoms with van der Waals surface area (Å²) in [5.74, 6) is -2.25. The fraction of sp³-hybridized carbons (Fsp3) is 0.167. The molecule has 2 aromatic rings. The van der Waals surface area contributed by atoms with E-state index in [0.29, 0.717) is 5.16 Å². The van der Waals surface area contributed by atoms with Gasteiger partial charge in [-0.25, -0.2) is 13.8 Å². The molecule has 0 saturated heterocycles. The zero-order valence-electron chi connectivity index (χ0n) is 9.48. The fourth-order valence-corrected chi connectivity index (χ4v) is 2.26. The Morgan fingerprint density at radius 1 is 1.39 bits per heavy atom. The van der Waals surface area contributed by atoms with Gasteiger partial charge in [-0.2, -0.15) is 0 Å². The van der Waals surface area contributed by atoms with Gasteiger partial charge in [0.15, 0.2) is 22.6 Å². The van der Waals surface area contributed by atoms with Gasteiger partial charge in [-0.3, -0.25) is 4.79 Å². The lowest BCUT2D eigenvalue weighted by Crippen LogP contribution is -2.14. The maximum Gasteiger partial charge on any atom is 0.176 e. The van der Waals surface area contributed by atoms with E-state index in [1.54, 1.807) is 19.3 Å². The number of hydrogen-bond donors (Lipinski definition) is 1. The van der Waals surface area contributed by atoms with Gasteiger partial charge in [-0.1, -0.05) is 11.8 Å². The number of aromatic nitrogens is 2. The van der Waals surface area contributed by atoms with Gasteiger partial charge in [0.2, 0.25) is 0 Å². The molecule has 6 heteroatoms. The Kier molecular flexibility index (Phi) is 3.76. The number of thioether (sulfide) groups is 1. The largest absolute Gasteiger partial charge is 0.340 e. The van der Waals surface area contributed by atoms with Crippen LogP contribution in [0.1, 0.15) is 17.3 Å². The van der Waals surface area contributed by atoms with Gasteiger partial charge in [0.05, 0.1) is 5.25 Å². The predicted molar refractivity (Wildman–Crippen MR) is 64.6 cm³/mol. The number of imidazole rings is 1. The number of ketones is 1. The molecule has 0 amide bonds. The Balaban J connectivity index is 2.12. The topological polar surface area (TPSA) is 45.8 Å². The number of hydrogen-bond acceptors (Lipinski definition) is 3. The molecule has 2 rings (SSSR count). The van der Waals surface area contributed by atoms with Crippen LogP contribution >= 0.6 is 11.8 Å². The summed E-state index contributed by atoms with van der Waals surface area (Å²) >= 11 is 1.23. The van der Waals surface area contributed by atoms with Gasteiger partial charge in [0.1, 0.15) is 0 Å². The minimum atomic E-state index is -1.02. The molecule has 0 aliphatic carbocycles. The third-order valence-electron chi connectivity index (χ3n) is 2.33. The Morgan fingerprint density at radius 2 is 2.17 bits per heavy atom. The van der Waals surface area contributed by atoms with Gasteiger partial charge < -0.3 is 4.98 Å². The first kappa shape index (κ1) is 12.8. The van der Waals surface area contributed by atoms with Gasteiger partial charge in [0, 0.05) is 18.0 Å². The molecule has 18 heavy (non-hydrogen) atoms. The summed E-state index contributed by atoms with van der Waals surface area (Å²) in [6, 6.07) is 3.14. The maximum absolute atomic E-state index is 13.0. The van der Waals surface area contributed by atoms with E-state index in [1.807, 2.05) is 0 Å². The molecule has 1 unspecified atom stereocenters. The number of Topliss-reactive ketones (excluding diaryl/α,β-unsaturated/α-hetero) is 1. The number of benzene rings is 1. The number of aromatic amines is 1. The Hall–Kier alpha value is -1.69. The number of nitrogens with one attached hydrogen (secondary N) is 1. The molecular weight excluding hydrogens is 258 g/mol. The van der Waals surface area contributed by atoms with Crippen LogP contribution in [0, 0.1) is 11.6 Å². The summed E-state index contributed by atoms with van der Waals surface area (Å²) in [7, 11) is 0. The molecule has 1 N–H and O–H groups in total. The standard InChI is InChI=1S/C12H10F2N2OS/c1-7(18-12-15-4-5-16-12)11(17)8-2-3-9(13)10(14)6-8/h2-7H,1H3,(H,15,16). The van der Waals surface area contributed by atoms with Crippen LogP contribution in [-0.4, -0.2) is 21.0 Å². The van der Waals surface area contributed by atoms with Crippen molar-refractivity contribution < 1.29 is 13.6 Å². The quantitative estimate of drug-likeness (QED) is 0.684. The summed E-state index contributed by atoms with van der Waals surface area (Å²) in [6.07, 6.45) is 3.23. The van der Waals surface area contributed by atoms with E-state index < -0.39 is 16.9 Å². The van der Waals surface area contributed by atoms with Crippen molar-refractivity contribution in [3.8, 4) is 0 Å². The normalized spacial score (nSPS) is 12.4. The molecule has 0 spiro atoms. The molecule has 0 radical (unpaired) electrons. The first-order chi connectivity index (χ1) is 8.58. The van der Waals surface area contributed by atoms with E-state index in [2.05, 4.69) is 9.97 Å². The summed E-state index contributed by atoms with van der Waals surface area (Å²) in [5.41, 5.74) is 0.153. The Bertz CT molecular complexity index is 557. The van der Waals surface area contributed by atoms with Crippen LogP contribution in [0.5, 0.6) is 0 Å². The highest BCUT2D eigenvalue weighted by atomic mass is 32.2. The average Bonchev–Trinajstić information content (AvgIpc) is 2.84. The second kappa shape index (κ2) is 5.30. The third kappa shape index (κ3) is 2.76. The van der Waals surface area contributed by atoms with Crippen molar-refractivity contribution in [2.75, 3.05) is 0 Å². The van der Waals surface area contributed by atoms with Crippen molar-refractivity contribution in [2.24, 2.45) is 0 Å². The van der Waals surface area contributed by atoms with Crippen molar-refractivity contribution in [3.63, 3.8) is 0 Å². The molecule has 1 aromatic heterocycles. The summed E-state index contributed by atoms with van der Waals surface area (Å²) in [6.45, 7) is 1.69. The van der Waals surface area contributed by atoms with E-state index in [9.17, 15) is 13.6 Å². The van der Waals surface area contributed by atoms with Crippen molar-refractivity contribution in [2.45, 2.75) is 17.3 Å². The van der Waals surface area contributed by atoms with Crippen LogP contribution in [0.25, 0.3) is 0 Å². The van der Waals surface area contributed by atoms with Crippen molar-refractivity contribution in [3.05, 3.63) is 47.8 Å². The molecule has 1 heterocycles. The number of nitrogens with zero attached hydrogens (tertiary/aromatic N) is 1. The van der Waals surface area contributed by atoms with E-state index in [0.717, 1.165) is 12.1 Å². The van der Waals surface area contributed by atoms with E-state index in [1.165, 1.54) is 17.8 Å². The van der Waals surface area contributed by atoms with Gasteiger partial charge in [-0.05, 0) is 25.1 Å². The van der Waals surface area contributed by atoms with Gasteiger partial charge >= 0.3 is 0 Å². The number of carbonyl (C=O) groups is 1. The van der Waals surface area contributed by atoms with Crippen molar-refractivity contribution >= 4 is 17.5 Å². The fourth-order valence-electron chi connectivity index (χ4n) is 1.42. The maximum atomic E-state index is 13.0. The second-order valence-electron chi connectivity index (χ2n) is 3.65.